The van der Waals surface area contributed by atoms with Crippen LogP contribution in [0, 0.1) is 10.1 Å². The molecular weight excluding hydrogens is 414 g/mol. The Hall–Kier alpha value is -3.23. The second-order valence-electron chi connectivity index (χ2n) is 6.40. The van der Waals surface area contributed by atoms with Gasteiger partial charge in [0.15, 0.2) is 0 Å². The molecule has 0 aliphatic carbocycles. The molecule has 0 saturated heterocycles. The Morgan fingerprint density at radius 2 is 2.00 bits per heavy atom. The first kappa shape index (κ1) is 19.1. The van der Waals surface area contributed by atoms with Crippen LogP contribution < -0.4 is 10.2 Å². The number of fused-ring (bicyclic) bond motifs is 1. The number of amides is 2. The van der Waals surface area contributed by atoms with Crippen LogP contribution in [0.15, 0.2) is 53.9 Å². The molecule has 2 amide bonds. The molecular formula is C20H14ClN3O4S. The number of rotatable bonds is 4. The minimum absolute atomic E-state index is 0.0901. The lowest BCUT2D eigenvalue weighted by Gasteiger charge is -2.17. The second-order valence-corrected chi connectivity index (χ2v) is 7.78. The SMILES string of the molecule is O=C(Nc1ccc2c(c1)N(C(=O)c1cccs1)CC2)c1cc(Cl)ccc1[N+](=O)[O-]. The molecule has 29 heavy (non-hydrogen) atoms. The van der Waals surface area contributed by atoms with Crippen LogP contribution in [0.2, 0.25) is 5.02 Å². The van der Waals surface area contributed by atoms with Gasteiger partial charge in [-0.1, -0.05) is 23.7 Å². The Morgan fingerprint density at radius 3 is 2.72 bits per heavy atom. The first-order valence-corrected chi connectivity index (χ1v) is 9.93. The van der Waals surface area contributed by atoms with Gasteiger partial charge in [-0.3, -0.25) is 19.7 Å². The Bertz CT molecular complexity index is 1130. The van der Waals surface area contributed by atoms with Crippen molar-refractivity contribution in [2.24, 2.45) is 0 Å². The molecule has 3 aromatic rings. The van der Waals surface area contributed by atoms with Gasteiger partial charge in [0.05, 0.1) is 9.80 Å². The molecule has 1 N–H and O–H groups in total. The molecule has 0 radical (unpaired) electrons. The third kappa shape index (κ3) is 3.72. The number of hydrogen-bond acceptors (Lipinski definition) is 5. The van der Waals surface area contributed by atoms with Crippen molar-refractivity contribution in [2.45, 2.75) is 6.42 Å². The van der Waals surface area contributed by atoms with Crippen LogP contribution in [-0.4, -0.2) is 23.3 Å². The first-order chi connectivity index (χ1) is 13.9. The highest BCUT2D eigenvalue weighted by Crippen LogP contribution is 2.33. The average Bonchev–Trinajstić information content (AvgIpc) is 3.37. The van der Waals surface area contributed by atoms with E-state index >= 15 is 0 Å². The largest absolute Gasteiger partial charge is 0.322 e. The minimum atomic E-state index is -0.645. The molecule has 0 spiro atoms. The van der Waals surface area contributed by atoms with Gasteiger partial charge in [-0.15, -0.1) is 11.3 Å². The van der Waals surface area contributed by atoms with Crippen molar-refractivity contribution < 1.29 is 14.5 Å². The van der Waals surface area contributed by atoms with Gasteiger partial charge in [0.2, 0.25) is 0 Å². The Kier molecular flexibility index (Phi) is 5.04. The summed E-state index contributed by atoms with van der Waals surface area (Å²) in [5.74, 6) is -0.735. The van der Waals surface area contributed by atoms with E-state index in [4.69, 9.17) is 11.6 Å². The van der Waals surface area contributed by atoms with Crippen molar-refractivity contribution in [1.29, 1.82) is 0 Å². The maximum atomic E-state index is 12.7. The summed E-state index contributed by atoms with van der Waals surface area (Å²) >= 11 is 7.28. The molecule has 0 atom stereocenters. The van der Waals surface area contributed by atoms with Gasteiger partial charge >= 0.3 is 0 Å². The van der Waals surface area contributed by atoms with Gasteiger partial charge in [-0.2, -0.15) is 0 Å². The lowest BCUT2D eigenvalue weighted by atomic mass is 10.1. The smallest absolute Gasteiger partial charge is 0.282 e. The number of carbonyl (C=O) groups excluding carboxylic acids is 2. The number of nitro groups is 1. The molecule has 146 valence electrons. The monoisotopic (exact) mass is 427 g/mol. The van der Waals surface area contributed by atoms with E-state index in [1.165, 1.54) is 29.5 Å². The van der Waals surface area contributed by atoms with Crippen LogP contribution >= 0.6 is 22.9 Å². The van der Waals surface area contributed by atoms with E-state index in [2.05, 4.69) is 5.32 Å². The van der Waals surface area contributed by atoms with Crippen LogP contribution in [0.4, 0.5) is 17.1 Å². The third-order valence-corrected chi connectivity index (χ3v) is 5.71. The number of anilines is 2. The summed E-state index contributed by atoms with van der Waals surface area (Å²) in [6, 6.07) is 12.7. The number of thiophene rings is 1. The van der Waals surface area contributed by atoms with Gasteiger partial charge < -0.3 is 10.2 Å². The number of benzene rings is 2. The van der Waals surface area contributed by atoms with Crippen molar-refractivity contribution >= 4 is 51.8 Å². The highest BCUT2D eigenvalue weighted by atomic mass is 35.5. The van der Waals surface area contributed by atoms with Crippen molar-refractivity contribution in [3.63, 3.8) is 0 Å². The van der Waals surface area contributed by atoms with E-state index < -0.39 is 10.8 Å². The van der Waals surface area contributed by atoms with Crippen molar-refractivity contribution in [3.8, 4) is 0 Å². The summed E-state index contributed by atoms with van der Waals surface area (Å²) in [6.07, 6.45) is 0.723. The normalized spacial score (nSPS) is 12.5. The highest BCUT2D eigenvalue weighted by Gasteiger charge is 2.27. The van der Waals surface area contributed by atoms with Gasteiger partial charge in [0.25, 0.3) is 17.5 Å². The predicted octanol–water partition coefficient (Wildman–Crippen LogP) is 4.76. The molecule has 1 aliphatic rings. The minimum Gasteiger partial charge on any atom is -0.322 e. The average molecular weight is 428 g/mol. The van der Waals surface area contributed by atoms with Crippen molar-refractivity contribution in [3.05, 3.63) is 85.1 Å². The summed E-state index contributed by atoms with van der Waals surface area (Å²) in [5, 5.41) is 16.0. The quantitative estimate of drug-likeness (QED) is 0.479. The van der Waals surface area contributed by atoms with Crippen molar-refractivity contribution in [2.75, 3.05) is 16.8 Å². The highest BCUT2D eigenvalue weighted by molar-refractivity contribution is 7.12. The Labute approximate surface area is 174 Å². The molecule has 1 aliphatic heterocycles. The van der Waals surface area contributed by atoms with E-state index in [0.717, 1.165) is 17.7 Å². The van der Waals surface area contributed by atoms with Gasteiger partial charge in [0.1, 0.15) is 5.56 Å². The lowest BCUT2D eigenvalue weighted by Crippen LogP contribution is -2.28. The van der Waals surface area contributed by atoms with E-state index in [0.29, 0.717) is 17.1 Å². The zero-order chi connectivity index (χ0) is 20.5. The fourth-order valence-electron chi connectivity index (χ4n) is 3.25. The third-order valence-electron chi connectivity index (χ3n) is 4.62. The maximum Gasteiger partial charge on any atom is 0.282 e. The Balaban J connectivity index is 1.61. The van der Waals surface area contributed by atoms with Gasteiger partial charge in [-0.25, -0.2) is 0 Å². The van der Waals surface area contributed by atoms with Gasteiger partial charge in [-0.05, 0) is 47.7 Å². The summed E-state index contributed by atoms with van der Waals surface area (Å²) in [4.78, 5) is 38.3. The summed E-state index contributed by atoms with van der Waals surface area (Å²) < 4.78 is 0. The van der Waals surface area contributed by atoms with Crippen LogP contribution in [0.25, 0.3) is 0 Å². The Morgan fingerprint density at radius 1 is 1.17 bits per heavy atom. The maximum absolute atomic E-state index is 12.7. The second kappa shape index (κ2) is 7.65. The van der Waals surface area contributed by atoms with Crippen LogP contribution in [0.1, 0.15) is 25.6 Å². The molecule has 2 aromatic carbocycles. The number of nitrogens with one attached hydrogen (secondary N) is 1. The molecule has 0 unspecified atom stereocenters. The number of nitrogens with zero attached hydrogens (tertiary/aromatic N) is 2. The molecule has 7 nitrogen and oxygen atoms in total. The fourth-order valence-corrected chi connectivity index (χ4v) is 4.09. The molecule has 0 bridgehead atoms. The topological polar surface area (TPSA) is 92.6 Å². The molecule has 0 fully saturated rings. The zero-order valence-corrected chi connectivity index (χ0v) is 16.5. The summed E-state index contributed by atoms with van der Waals surface area (Å²) in [7, 11) is 0. The molecule has 4 rings (SSSR count). The standard InChI is InChI=1S/C20H14ClN3O4S/c21-13-4-6-16(24(27)28)15(10-13)19(25)22-14-5-3-12-7-8-23(17(12)11-14)20(26)18-2-1-9-29-18/h1-6,9-11H,7-8H2,(H,22,25). The number of carbonyl (C=O) groups is 2. The fraction of sp³-hybridized carbons (Fsp3) is 0.100. The molecule has 9 heteroatoms. The summed E-state index contributed by atoms with van der Waals surface area (Å²) in [6.45, 7) is 0.559. The number of halogens is 1. The summed E-state index contributed by atoms with van der Waals surface area (Å²) in [5.41, 5.74) is 1.70. The van der Waals surface area contributed by atoms with E-state index in [-0.39, 0.29) is 22.2 Å². The number of nitro benzene ring substituents is 1. The van der Waals surface area contributed by atoms with E-state index in [1.54, 1.807) is 23.1 Å². The molecule has 2 heterocycles. The van der Waals surface area contributed by atoms with E-state index in [9.17, 15) is 19.7 Å². The molecule has 1 aromatic heterocycles. The van der Waals surface area contributed by atoms with Crippen molar-refractivity contribution in [1.82, 2.24) is 0 Å². The zero-order valence-electron chi connectivity index (χ0n) is 14.9. The first-order valence-electron chi connectivity index (χ1n) is 8.67. The predicted molar refractivity (Wildman–Crippen MR) is 112 cm³/mol. The van der Waals surface area contributed by atoms with Crippen LogP contribution in [-0.2, 0) is 6.42 Å². The molecule has 0 saturated carbocycles. The van der Waals surface area contributed by atoms with E-state index in [1.807, 2.05) is 17.5 Å². The lowest BCUT2D eigenvalue weighted by molar-refractivity contribution is -0.385. The van der Waals surface area contributed by atoms with Gasteiger partial charge in [0, 0.05) is 29.0 Å². The van der Waals surface area contributed by atoms with Crippen LogP contribution in [0.5, 0.6) is 0 Å². The number of hydrogen-bond donors (Lipinski definition) is 1. The van der Waals surface area contributed by atoms with Crippen LogP contribution in [0.3, 0.4) is 0 Å².